The number of halogens is 1. The van der Waals surface area contributed by atoms with Crippen molar-refractivity contribution in [3.8, 4) is 22.5 Å². The van der Waals surface area contributed by atoms with Gasteiger partial charge in [0, 0.05) is 18.2 Å². The molecule has 0 fully saturated rings. The first-order valence-corrected chi connectivity index (χ1v) is 8.71. The van der Waals surface area contributed by atoms with E-state index in [1.807, 2.05) is 0 Å². The average molecular weight is 389 g/mol. The smallest absolute Gasteiger partial charge is 0.254 e. The fourth-order valence-electron chi connectivity index (χ4n) is 3.03. The molecule has 0 unspecified atom stereocenters. The van der Waals surface area contributed by atoms with E-state index < -0.39 is 0 Å². The van der Waals surface area contributed by atoms with Crippen LogP contribution in [0.3, 0.4) is 0 Å². The number of likely N-dealkylation sites (N-methyl/N-ethyl adjacent to an activating group) is 1. The molecule has 1 aromatic carbocycles. The molecule has 3 heterocycles. The zero-order valence-electron chi connectivity index (χ0n) is 15.4. The molecular weight excluding hydrogens is 373 g/mol. The van der Waals surface area contributed by atoms with Crippen molar-refractivity contribution in [1.82, 2.24) is 25.5 Å². The summed E-state index contributed by atoms with van der Waals surface area (Å²) in [4.78, 5) is 20.8. The fourth-order valence-corrected chi connectivity index (χ4v) is 3.03. The van der Waals surface area contributed by atoms with Gasteiger partial charge in [-0.15, -0.1) is 0 Å². The van der Waals surface area contributed by atoms with Crippen LogP contribution in [0, 0.1) is 5.82 Å². The van der Waals surface area contributed by atoms with Gasteiger partial charge in [-0.25, -0.2) is 14.4 Å². The number of aromatic amines is 1. The second-order valence-corrected chi connectivity index (χ2v) is 6.11. The average Bonchev–Trinajstić information content (AvgIpc) is 3.39. The van der Waals surface area contributed by atoms with Crippen LogP contribution in [-0.2, 0) is 4.79 Å². The third-order valence-electron chi connectivity index (χ3n) is 4.38. The molecule has 8 heteroatoms. The third-order valence-corrected chi connectivity index (χ3v) is 4.38. The van der Waals surface area contributed by atoms with Gasteiger partial charge in [0.05, 0.1) is 28.5 Å². The highest BCUT2D eigenvalue weighted by Gasteiger charge is 2.20. The summed E-state index contributed by atoms with van der Waals surface area (Å²) < 4.78 is 19.1. The number of hydrogen-bond donors (Lipinski definition) is 2. The Hall–Kier alpha value is -4.07. The predicted octanol–water partition coefficient (Wildman–Crippen LogP) is 3.73. The first kappa shape index (κ1) is 18.3. The Morgan fingerprint density at radius 1 is 1.28 bits per heavy atom. The Labute approximate surface area is 165 Å². The number of fused-ring (bicyclic) bond motifs is 1. The van der Waals surface area contributed by atoms with E-state index in [1.165, 1.54) is 31.6 Å². The fraction of sp³-hybridized carbons (Fsp3) is 0.0476. The van der Waals surface area contributed by atoms with Gasteiger partial charge in [-0.2, -0.15) is 5.10 Å². The molecule has 0 spiro atoms. The van der Waals surface area contributed by atoms with Crippen LogP contribution in [0.15, 0.2) is 66.0 Å². The quantitative estimate of drug-likeness (QED) is 0.400. The highest BCUT2D eigenvalue weighted by Crippen LogP contribution is 2.35. The maximum Gasteiger partial charge on any atom is 0.254 e. The van der Waals surface area contributed by atoms with Gasteiger partial charge in [-0.05, 0) is 36.4 Å². The summed E-state index contributed by atoms with van der Waals surface area (Å²) in [6.45, 7) is 3.64. The maximum absolute atomic E-state index is 13.3. The lowest BCUT2D eigenvalue weighted by Crippen LogP contribution is -2.18. The van der Waals surface area contributed by atoms with Gasteiger partial charge in [0.1, 0.15) is 17.9 Å². The Bertz CT molecular complexity index is 1240. The minimum Gasteiger partial charge on any atom is -0.437 e. The summed E-state index contributed by atoms with van der Waals surface area (Å²) in [5.74, 6) is -0.295. The van der Waals surface area contributed by atoms with Crippen LogP contribution in [0.2, 0.25) is 0 Å². The summed E-state index contributed by atoms with van der Waals surface area (Å²) in [7, 11) is 1.54. The Morgan fingerprint density at radius 2 is 2.07 bits per heavy atom. The number of H-pyrrole nitrogens is 1. The second-order valence-electron chi connectivity index (χ2n) is 6.11. The van der Waals surface area contributed by atoms with Gasteiger partial charge in [-0.3, -0.25) is 9.89 Å². The largest absolute Gasteiger partial charge is 0.437 e. The zero-order valence-corrected chi connectivity index (χ0v) is 15.4. The number of hydrogen-bond acceptors (Lipinski definition) is 5. The minimum absolute atomic E-state index is 0.311. The Balaban J connectivity index is 1.87. The number of nitrogens with one attached hydrogen (secondary N) is 2. The van der Waals surface area contributed by atoms with E-state index in [0.29, 0.717) is 39.4 Å². The van der Waals surface area contributed by atoms with Gasteiger partial charge < -0.3 is 9.73 Å². The van der Waals surface area contributed by atoms with Gasteiger partial charge in [0.15, 0.2) is 0 Å². The van der Waals surface area contributed by atoms with E-state index in [0.717, 1.165) is 5.56 Å². The highest BCUT2D eigenvalue weighted by atomic mass is 19.1. The van der Waals surface area contributed by atoms with Crippen molar-refractivity contribution >= 4 is 22.6 Å². The molecule has 0 atom stereocenters. The summed E-state index contributed by atoms with van der Waals surface area (Å²) in [6.07, 6.45) is 6.08. The number of nitrogens with zero attached hydrogens (tertiary/aromatic N) is 3. The first-order valence-electron chi connectivity index (χ1n) is 8.71. The number of benzene rings is 1. The molecule has 7 nitrogen and oxygen atoms in total. The molecule has 1 amide bonds. The van der Waals surface area contributed by atoms with Crippen molar-refractivity contribution in [2.75, 3.05) is 7.05 Å². The number of rotatable bonds is 5. The van der Waals surface area contributed by atoms with Crippen LogP contribution in [0.25, 0.3) is 39.2 Å². The number of amides is 1. The molecule has 0 bridgehead atoms. The highest BCUT2D eigenvalue weighted by molar-refractivity contribution is 6.19. The van der Waals surface area contributed by atoms with Crippen molar-refractivity contribution in [3.63, 3.8) is 0 Å². The molecule has 0 radical (unpaired) electrons. The maximum atomic E-state index is 13.3. The van der Waals surface area contributed by atoms with E-state index in [9.17, 15) is 9.18 Å². The first-order chi connectivity index (χ1) is 14.1. The molecule has 0 saturated carbocycles. The lowest BCUT2D eigenvalue weighted by molar-refractivity contribution is -0.115. The normalized spacial score (nSPS) is 11.6. The van der Waals surface area contributed by atoms with E-state index in [2.05, 4.69) is 32.1 Å². The van der Waals surface area contributed by atoms with E-state index in [4.69, 9.17) is 4.42 Å². The van der Waals surface area contributed by atoms with Crippen LogP contribution < -0.4 is 5.32 Å². The van der Waals surface area contributed by atoms with E-state index in [1.54, 1.807) is 30.5 Å². The molecule has 0 aliphatic rings. The van der Waals surface area contributed by atoms with Crippen LogP contribution >= 0.6 is 0 Å². The molecule has 0 saturated heterocycles. The molecule has 4 aromatic rings. The third kappa shape index (κ3) is 3.31. The van der Waals surface area contributed by atoms with Crippen LogP contribution in [0.1, 0.15) is 5.76 Å². The van der Waals surface area contributed by atoms with Crippen molar-refractivity contribution in [2.45, 2.75) is 0 Å². The number of carbonyl (C=O) groups is 1. The SMILES string of the molecule is C=C/C=C(\C(=O)NC)c1cc2c(-c3cn[nH]c3-c3ccc(F)cc3)ncnc2o1. The molecular formula is C21H16FN5O2. The molecule has 0 aliphatic heterocycles. The standard InChI is InChI=1S/C21H16FN5O2/c1-3-4-14(20(28)23-2)17-9-15-19(24-11-25-21(15)29-17)16-10-26-27-18(16)12-5-7-13(22)8-6-12/h3-11H,1H2,2H3,(H,23,28)(H,26,27)/b14-4-. The van der Waals surface area contributed by atoms with Gasteiger partial charge in [0.25, 0.3) is 5.91 Å². The summed E-state index contributed by atoms with van der Waals surface area (Å²) in [5, 5.41) is 10.2. The molecule has 4 rings (SSSR count). The van der Waals surface area contributed by atoms with Crippen molar-refractivity contribution < 1.29 is 13.6 Å². The predicted molar refractivity (Wildman–Crippen MR) is 107 cm³/mol. The van der Waals surface area contributed by atoms with Gasteiger partial charge >= 0.3 is 0 Å². The number of allylic oxidation sites excluding steroid dienone is 2. The lowest BCUT2D eigenvalue weighted by atomic mass is 10.0. The van der Waals surface area contributed by atoms with Gasteiger partial charge in [-0.1, -0.05) is 12.7 Å². The van der Waals surface area contributed by atoms with E-state index in [-0.39, 0.29) is 11.7 Å². The van der Waals surface area contributed by atoms with Crippen molar-refractivity contribution in [3.05, 3.63) is 73.2 Å². The Kier molecular flexibility index (Phi) is 4.74. The molecule has 29 heavy (non-hydrogen) atoms. The van der Waals surface area contributed by atoms with Crippen LogP contribution in [0.5, 0.6) is 0 Å². The zero-order chi connectivity index (χ0) is 20.4. The molecule has 0 aliphatic carbocycles. The van der Waals surface area contributed by atoms with Crippen molar-refractivity contribution in [1.29, 1.82) is 0 Å². The molecule has 144 valence electrons. The van der Waals surface area contributed by atoms with Gasteiger partial charge in [0.2, 0.25) is 5.71 Å². The topological polar surface area (TPSA) is 96.7 Å². The number of aromatic nitrogens is 4. The Morgan fingerprint density at radius 3 is 2.79 bits per heavy atom. The van der Waals surface area contributed by atoms with Crippen LogP contribution in [0.4, 0.5) is 4.39 Å². The summed E-state index contributed by atoms with van der Waals surface area (Å²) in [5.41, 5.74) is 3.36. The molecule has 3 aromatic heterocycles. The summed E-state index contributed by atoms with van der Waals surface area (Å²) >= 11 is 0. The lowest BCUT2D eigenvalue weighted by Gasteiger charge is -2.03. The second kappa shape index (κ2) is 7.51. The number of carbonyl (C=O) groups excluding carboxylic acids is 1. The van der Waals surface area contributed by atoms with Crippen LogP contribution in [-0.4, -0.2) is 33.1 Å². The molecule has 2 N–H and O–H groups in total. The van der Waals surface area contributed by atoms with E-state index >= 15 is 0 Å². The monoisotopic (exact) mass is 389 g/mol. The minimum atomic E-state index is -0.325. The number of furan rings is 1. The summed E-state index contributed by atoms with van der Waals surface area (Å²) in [6, 6.07) is 7.77. The van der Waals surface area contributed by atoms with Crippen molar-refractivity contribution in [2.24, 2.45) is 0 Å².